The Bertz CT molecular complexity index is 918. The quantitative estimate of drug-likeness (QED) is 0.544. The Labute approximate surface area is 171 Å². The molecule has 0 radical (unpaired) electrons. The number of esters is 1. The second kappa shape index (κ2) is 8.68. The number of fused-ring (bicyclic) bond motifs is 1. The molecule has 3 rings (SSSR count). The second-order valence-corrected chi connectivity index (χ2v) is 6.71. The number of phenols is 1. The number of amides is 1. The first-order valence-electron chi connectivity index (χ1n) is 8.46. The lowest BCUT2D eigenvalue weighted by Crippen LogP contribution is -2.37. The molecule has 0 saturated heterocycles. The van der Waals surface area contributed by atoms with Gasteiger partial charge in [0.05, 0.1) is 23.9 Å². The minimum Gasteiger partial charge on any atom is -0.507 e. The third-order valence-corrected chi connectivity index (χ3v) is 4.50. The molecule has 2 aromatic rings. The Morgan fingerprint density at radius 1 is 1.25 bits per heavy atom. The molecule has 0 aromatic heterocycles. The number of ether oxygens (including phenoxy) is 3. The van der Waals surface area contributed by atoms with Gasteiger partial charge in [0.15, 0.2) is 5.75 Å². The van der Waals surface area contributed by atoms with E-state index in [1.54, 1.807) is 6.07 Å². The Morgan fingerprint density at radius 3 is 2.75 bits per heavy atom. The van der Waals surface area contributed by atoms with Crippen LogP contribution < -0.4 is 9.64 Å². The van der Waals surface area contributed by atoms with E-state index in [9.17, 15) is 14.7 Å². The zero-order valence-electron chi connectivity index (χ0n) is 14.9. The van der Waals surface area contributed by atoms with Gasteiger partial charge in [-0.2, -0.15) is 0 Å². The van der Waals surface area contributed by atoms with Crippen LogP contribution in [0.4, 0.5) is 10.5 Å². The van der Waals surface area contributed by atoms with E-state index in [4.69, 9.17) is 37.4 Å². The topological polar surface area (TPSA) is 85.3 Å². The first-order chi connectivity index (χ1) is 13.4. The van der Waals surface area contributed by atoms with Crippen molar-refractivity contribution in [3.05, 3.63) is 51.5 Å². The first kappa shape index (κ1) is 20.3. The van der Waals surface area contributed by atoms with E-state index >= 15 is 0 Å². The van der Waals surface area contributed by atoms with Gasteiger partial charge >= 0.3 is 12.1 Å². The number of aromatic hydroxyl groups is 1. The summed E-state index contributed by atoms with van der Waals surface area (Å²) in [5.74, 6) is -0.749. The number of hydrogen-bond acceptors (Lipinski definition) is 6. The maximum absolute atomic E-state index is 12.4. The summed E-state index contributed by atoms with van der Waals surface area (Å²) in [6.45, 7) is 2.84. The molecule has 7 nitrogen and oxygen atoms in total. The van der Waals surface area contributed by atoms with E-state index in [1.807, 2.05) is 6.92 Å². The smallest absolute Gasteiger partial charge is 0.420 e. The number of phenolic OH excluding ortho intramolecular Hbond substituents is 1. The lowest BCUT2D eigenvalue weighted by molar-refractivity contribution is 0.0332. The molecule has 1 heterocycles. The highest BCUT2D eigenvalue weighted by Crippen LogP contribution is 2.38. The molecule has 0 saturated carbocycles. The average Bonchev–Trinajstić information content (AvgIpc) is 2.65. The number of rotatable bonds is 6. The van der Waals surface area contributed by atoms with Gasteiger partial charge in [-0.1, -0.05) is 23.2 Å². The molecule has 0 spiro atoms. The van der Waals surface area contributed by atoms with Crippen LogP contribution in [0.5, 0.6) is 11.5 Å². The molecule has 0 aliphatic carbocycles. The van der Waals surface area contributed by atoms with E-state index in [0.717, 1.165) is 0 Å². The maximum atomic E-state index is 12.4. The molecule has 1 aliphatic heterocycles. The summed E-state index contributed by atoms with van der Waals surface area (Å²) in [6.07, 6.45) is -0.664. The molecule has 2 aromatic carbocycles. The van der Waals surface area contributed by atoms with Gasteiger partial charge < -0.3 is 19.3 Å². The predicted octanol–water partition coefficient (Wildman–Crippen LogP) is 4.41. The largest absolute Gasteiger partial charge is 0.507 e. The van der Waals surface area contributed by atoms with Crippen LogP contribution in [0.1, 0.15) is 22.8 Å². The van der Waals surface area contributed by atoms with Crippen molar-refractivity contribution in [2.45, 2.75) is 13.5 Å². The number of nitrogens with zero attached hydrogens (tertiary/aromatic N) is 1. The molecular formula is C19H17Cl2NO6. The van der Waals surface area contributed by atoms with E-state index in [1.165, 1.54) is 29.2 Å². The number of carbonyl (C=O) groups is 2. The maximum Gasteiger partial charge on any atom is 0.420 e. The molecule has 0 unspecified atom stereocenters. The molecule has 148 valence electrons. The van der Waals surface area contributed by atoms with Crippen molar-refractivity contribution in [3.8, 4) is 11.5 Å². The highest BCUT2D eigenvalue weighted by Gasteiger charge is 2.29. The molecule has 0 atom stereocenters. The molecule has 28 heavy (non-hydrogen) atoms. The van der Waals surface area contributed by atoms with Crippen LogP contribution in [0.15, 0.2) is 30.3 Å². The molecule has 1 amide bonds. The van der Waals surface area contributed by atoms with Crippen LogP contribution in [0.2, 0.25) is 10.0 Å². The van der Waals surface area contributed by atoms with Crippen LogP contribution >= 0.6 is 23.2 Å². The third kappa shape index (κ3) is 4.32. The molecule has 1 N–H and O–H groups in total. The van der Waals surface area contributed by atoms with Crippen LogP contribution in [-0.4, -0.2) is 37.0 Å². The minimum absolute atomic E-state index is 0.0166. The molecular weight excluding hydrogens is 409 g/mol. The van der Waals surface area contributed by atoms with Crippen LogP contribution in [-0.2, 0) is 16.0 Å². The number of hydrogen-bond donors (Lipinski definition) is 1. The molecule has 1 aliphatic rings. The normalized spacial score (nSPS) is 13.1. The van der Waals surface area contributed by atoms with E-state index in [2.05, 4.69) is 0 Å². The monoisotopic (exact) mass is 425 g/mol. The Kier molecular flexibility index (Phi) is 6.28. The fourth-order valence-electron chi connectivity index (χ4n) is 2.70. The number of anilines is 1. The third-order valence-electron chi connectivity index (χ3n) is 4.00. The zero-order valence-corrected chi connectivity index (χ0v) is 16.4. The zero-order chi connectivity index (χ0) is 20.3. The molecule has 9 heteroatoms. The first-order valence-corrected chi connectivity index (χ1v) is 9.21. The van der Waals surface area contributed by atoms with E-state index in [-0.39, 0.29) is 41.8 Å². The van der Waals surface area contributed by atoms with Crippen molar-refractivity contribution in [3.63, 3.8) is 0 Å². The van der Waals surface area contributed by atoms with Crippen molar-refractivity contribution in [2.24, 2.45) is 0 Å². The van der Waals surface area contributed by atoms with Crippen LogP contribution in [0.25, 0.3) is 0 Å². The van der Waals surface area contributed by atoms with Crippen molar-refractivity contribution < 1.29 is 28.9 Å². The van der Waals surface area contributed by atoms with Gasteiger partial charge in [0, 0.05) is 23.3 Å². The van der Waals surface area contributed by atoms with Crippen molar-refractivity contribution >= 4 is 41.0 Å². The minimum atomic E-state index is -0.686. The van der Waals surface area contributed by atoms with Gasteiger partial charge in [0.2, 0.25) is 0 Å². The number of carbonyl (C=O) groups excluding carboxylic acids is 2. The Hall–Kier alpha value is -2.48. The summed E-state index contributed by atoms with van der Waals surface area (Å²) in [5.41, 5.74) is 0.947. The molecule has 0 fully saturated rings. The van der Waals surface area contributed by atoms with Crippen LogP contribution in [0, 0.1) is 0 Å². The number of benzene rings is 2. The van der Waals surface area contributed by atoms with Gasteiger partial charge in [-0.15, -0.1) is 0 Å². The van der Waals surface area contributed by atoms with Crippen LogP contribution in [0.3, 0.4) is 0 Å². The SMILES string of the molecule is CCOCCOC(=O)c1ccc(N2Cc3cc(Cl)cc(Cl)c3OC2=O)cc1O. The van der Waals surface area contributed by atoms with Gasteiger partial charge in [-0.25, -0.2) is 9.59 Å². The Morgan fingerprint density at radius 2 is 2.04 bits per heavy atom. The summed E-state index contributed by atoms with van der Waals surface area (Å²) < 4.78 is 15.4. The van der Waals surface area contributed by atoms with Gasteiger partial charge in [-0.3, -0.25) is 4.90 Å². The van der Waals surface area contributed by atoms with Crippen molar-refractivity contribution in [1.82, 2.24) is 0 Å². The number of halogens is 2. The summed E-state index contributed by atoms with van der Waals surface area (Å²) in [4.78, 5) is 25.7. The fraction of sp³-hybridized carbons (Fsp3) is 0.263. The highest BCUT2D eigenvalue weighted by atomic mass is 35.5. The summed E-state index contributed by atoms with van der Waals surface area (Å²) in [6, 6.07) is 7.31. The lowest BCUT2D eigenvalue weighted by Gasteiger charge is -2.28. The summed E-state index contributed by atoms with van der Waals surface area (Å²) >= 11 is 12.1. The van der Waals surface area contributed by atoms with Gasteiger partial charge in [0.1, 0.15) is 17.9 Å². The van der Waals surface area contributed by atoms with Crippen molar-refractivity contribution in [2.75, 3.05) is 24.7 Å². The van der Waals surface area contributed by atoms with E-state index in [0.29, 0.717) is 22.9 Å². The van der Waals surface area contributed by atoms with Gasteiger partial charge in [0.25, 0.3) is 0 Å². The van der Waals surface area contributed by atoms with Gasteiger partial charge in [-0.05, 0) is 31.2 Å². The van der Waals surface area contributed by atoms with E-state index < -0.39 is 12.1 Å². The predicted molar refractivity (Wildman–Crippen MR) is 104 cm³/mol. The Balaban J connectivity index is 1.78. The van der Waals surface area contributed by atoms with Crippen molar-refractivity contribution in [1.29, 1.82) is 0 Å². The molecule has 0 bridgehead atoms. The summed E-state index contributed by atoms with van der Waals surface area (Å²) in [7, 11) is 0. The standard InChI is InChI=1S/C19H17Cl2NO6/c1-2-26-5-6-27-18(24)14-4-3-13(9-16(14)23)22-10-11-7-12(20)8-15(21)17(11)28-19(22)25/h3-4,7-9,23H,2,5-6,10H2,1H3. The average molecular weight is 426 g/mol. The summed E-state index contributed by atoms with van der Waals surface area (Å²) in [5, 5.41) is 10.9. The second-order valence-electron chi connectivity index (χ2n) is 5.86. The highest BCUT2D eigenvalue weighted by molar-refractivity contribution is 6.35. The fourth-order valence-corrected chi connectivity index (χ4v) is 3.27. The lowest BCUT2D eigenvalue weighted by atomic mass is 10.1.